The molecule has 3 atom stereocenters. The quantitative estimate of drug-likeness (QED) is 0.226. The predicted octanol–water partition coefficient (Wildman–Crippen LogP) is 6.65. The van der Waals surface area contributed by atoms with Crippen LogP contribution in [0.15, 0.2) is 35.1 Å². The van der Waals surface area contributed by atoms with Crippen LogP contribution in [0.5, 0.6) is 0 Å². The maximum Gasteiger partial charge on any atom is 0.414 e. The van der Waals surface area contributed by atoms with Crippen molar-refractivity contribution >= 4 is 46.5 Å². The van der Waals surface area contributed by atoms with Crippen LogP contribution in [0.25, 0.3) is 11.1 Å². The fraction of sp³-hybridized carbons (Fsp3) is 0.559. The van der Waals surface area contributed by atoms with E-state index < -0.39 is 60.1 Å². The summed E-state index contributed by atoms with van der Waals surface area (Å²) in [5.41, 5.74) is -0.691. The van der Waals surface area contributed by atoms with Gasteiger partial charge in [-0.2, -0.15) is 13.2 Å². The number of ether oxygens (including phenoxy) is 2. The molecule has 0 radical (unpaired) electrons. The summed E-state index contributed by atoms with van der Waals surface area (Å²) in [6, 6.07) is 2.16. The zero-order chi connectivity index (χ0) is 37.3. The summed E-state index contributed by atoms with van der Waals surface area (Å²) in [6.07, 6.45) is -3.01. The number of alkyl halides is 4. The number of alkyl carbamates (subject to hydrolysis) is 1. The number of nitrogens with zero attached hydrogens (tertiary/aromatic N) is 4. The molecule has 2 unspecified atom stereocenters. The van der Waals surface area contributed by atoms with Crippen molar-refractivity contribution in [3.05, 3.63) is 41.9 Å². The summed E-state index contributed by atoms with van der Waals surface area (Å²) in [5.74, 6) is -2.88. The largest absolute Gasteiger partial charge is 0.444 e. The standard InChI is InChI=1S/C34H43F4N7O6/c1-32(2,3)50-30(47)41-22-12-20(34(36,37)38)16-45(18-22)24-7-9-39-14-23(24)42-28(46)26-27-25(49-29(26)43-31(48)51-33(4,5)6)11-19(13-40-27)15-44-10-8-21(35)17-44/h7,9,11,13-14,20-22H,8,10,12,15-18H2,1-6H3,(H,41,47)(H,42,46)(H,43,48)/t20?,21-,22?/m0/s1. The number of carbonyl (C=O) groups excluding carboxylic acids is 3. The van der Waals surface area contributed by atoms with E-state index in [9.17, 15) is 31.9 Å². The van der Waals surface area contributed by atoms with Crippen LogP contribution < -0.4 is 20.9 Å². The van der Waals surface area contributed by atoms with Crippen LogP contribution in [0.4, 0.5) is 44.4 Å². The van der Waals surface area contributed by atoms with Gasteiger partial charge in [-0.25, -0.2) is 14.0 Å². The minimum Gasteiger partial charge on any atom is -0.444 e. The number of fused-ring (bicyclic) bond motifs is 1. The lowest BCUT2D eigenvalue weighted by molar-refractivity contribution is -0.177. The van der Waals surface area contributed by atoms with E-state index in [2.05, 4.69) is 25.9 Å². The molecular formula is C34H43F4N7O6. The molecule has 3 aromatic rings. The number of carbonyl (C=O) groups is 3. The molecule has 5 heterocycles. The van der Waals surface area contributed by atoms with Crippen molar-refractivity contribution in [3.63, 3.8) is 0 Å². The topological polar surface area (TPSA) is 151 Å². The van der Waals surface area contributed by atoms with Crippen molar-refractivity contribution in [1.82, 2.24) is 20.2 Å². The second-order valence-corrected chi connectivity index (χ2v) is 14.8. The number of furan rings is 1. The molecule has 13 nitrogen and oxygen atoms in total. The molecule has 51 heavy (non-hydrogen) atoms. The molecule has 3 aromatic heterocycles. The average molecular weight is 722 g/mol. The van der Waals surface area contributed by atoms with Crippen molar-refractivity contribution in [3.8, 4) is 0 Å². The normalized spacial score (nSPS) is 20.3. The molecule has 278 valence electrons. The van der Waals surface area contributed by atoms with Gasteiger partial charge < -0.3 is 29.4 Å². The molecule has 2 aliphatic rings. The molecule has 5 rings (SSSR count). The minimum atomic E-state index is -4.58. The third kappa shape index (κ3) is 9.98. The van der Waals surface area contributed by atoms with Gasteiger partial charge in [-0.15, -0.1) is 0 Å². The summed E-state index contributed by atoms with van der Waals surface area (Å²) in [5, 5.41) is 7.73. The number of aromatic nitrogens is 2. The molecule has 0 spiro atoms. The number of anilines is 3. The molecular weight excluding hydrogens is 678 g/mol. The predicted molar refractivity (Wildman–Crippen MR) is 180 cm³/mol. The van der Waals surface area contributed by atoms with E-state index in [-0.39, 0.29) is 53.4 Å². The lowest BCUT2D eigenvalue weighted by atomic mass is 9.93. The van der Waals surface area contributed by atoms with Crippen LogP contribution in [0.2, 0.25) is 0 Å². The second-order valence-electron chi connectivity index (χ2n) is 14.8. The fourth-order valence-corrected chi connectivity index (χ4v) is 6.04. The number of nitrogens with one attached hydrogen (secondary N) is 3. The number of pyridine rings is 2. The number of halogens is 4. The SMILES string of the molecule is CC(C)(C)OC(=O)Nc1oc2cc(CN3CC[C@H](F)C3)cnc2c1C(=O)Nc1cnccc1N1CC(NC(=O)OC(C)(C)C)CC(C(F)(F)F)C1. The summed E-state index contributed by atoms with van der Waals surface area (Å²) in [6.45, 7) is 10.7. The average Bonchev–Trinajstić information content (AvgIpc) is 3.56. The Morgan fingerprint density at radius 1 is 0.980 bits per heavy atom. The number of rotatable bonds is 7. The molecule has 0 bridgehead atoms. The van der Waals surface area contributed by atoms with Gasteiger partial charge in [0.2, 0.25) is 5.88 Å². The van der Waals surface area contributed by atoms with Gasteiger partial charge in [-0.05, 0) is 72.1 Å². The van der Waals surface area contributed by atoms with E-state index in [1.807, 2.05) is 4.90 Å². The van der Waals surface area contributed by atoms with Gasteiger partial charge in [0.05, 0.1) is 29.5 Å². The van der Waals surface area contributed by atoms with Crippen molar-refractivity contribution in [2.24, 2.45) is 5.92 Å². The van der Waals surface area contributed by atoms with E-state index in [4.69, 9.17) is 13.9 Å². The van der Waals surface area contributed by atoms with Crippen molar-refractivity contribution < 1.29 is 45.8 Å². The van der Waals surface area contributed by atoms with E-state index >= 15 is 0 Å². The highest BCUT2D eigenvalue weighted by atomic mass is 19.4. The lowest BCUT2D eigenvalue weighted by Crippen LogP contribution is -2.54. The third-order valence-electron chi connectivity index (χ3n) is 8.07. The van der Waals surface area contributed by atoms with E-state index in [0.29, 0.717) is 25.1 Å². The van der Waals surface area contributed by atoms with Crippen LogP contribution >= 0.6 is 0 Å². The molecule has 2 fully saturated rings. The van der Waals surface area contributed by atoms with Crippen LogP contribution in [0.3, 0.4) is 0 Å². The summed E-state index contributed by atoms with van der Waals surface area (Å²) >= 11 is 0. The molecule has 2 aliphatic heterocycles. The Balaban J connectivity index is 1.44. The van der Waals surface area contributed by atoms with Gasteiger partial charge in [0.25, 0.3) is 5.91 Å². The minimum absolute atomic E-state index is 0.0245. The lowest BCUT2D eigenvalue weighted by Gasteiger charge is -2.40. The maximum absolute atomic E-state index is 14.1. The van der Waals surface area contributed by atoms with Crippen LogP contribution in [-0.4, -0.2) is 88.7 Å². The Morgan fingerprint density at radius 2 is 1.69 bits per heavy atom. The zero-order valence-electron chi connectivity index (χ0n) is 29.3. The first-order valence-corrected chi connectivity index (χ1v) is 16.6. The van der Waals surface area contributed by atoms with Crippen LogP contribution in [0.1, 0.15) is 70.3 Å². The molecule has 2 saturated heterocycles. The first kappa shape index (κ1) is 37.6. The third-order valence-corrected chi connectivity index (χ3v) is 8.07. The van der Waals surface area contributed by atoms with E-state index in [0.717, 1.165) is 0 Å². The van der Waals surface area contributed by atoms with Gasteiger partial charge in [0.1, 0.15) is 28.5 Å². The second kappa shape index (κ2) is 14.5. The molecule has 17 heteroatoms. The summed E-state index contributed by atoms with van der Waals surface area (Å²) in [4.78, 5) is 51.2. The highest BCUT2D eigenvalue weighted by molar-refractivity contribution is 6.16. The number of amides is 3. The maximum atomic E-state index is 14.1. The highest BCUT2D eigenvalue weighted by Crippen LogP contribution is 2.38. The smallest absolute Gasteiger partial charge is 0.414 e. The van der Waals surface area contributed by atoms with Crippen LogP contribution in [0, 0.1) is 5.92 Å². The first-order valence-electron chi connectivity index (χ1n) is 16.6. The molecule has 3 N–H and O–H groups in total. The van der Waals surface area contributed by atoms with E-state index in [1.165, 1.54) is 29.6 Å². The van der Waals surface area contributed by atoms with Gasteiger partial charge >= 0.3 is 18.4 Å². The Kier molecular flexibility index (Phi) is 10.7. The van der Waals surface area contributed by atoms with Crippen LogP contribution in [-0.2, 0) is 16.0 Å². The fourth-order valence-electron chi connectivity index (χ4n) is 6.04. The highest BCUT2D eigenvalue weighted by Gasteiger charge is 2.45. The monoisotopic (exact) mass is 721 g/mol. The number of piperidine rings is 1. The number of hydrogen-bond acceptors (Lipinski definition) is 10. The molecule has 3 amide bonds. The van der Waals surface area contributed by atoms with Crippen molar-refractivity contribution in [2.75, 3.05) is 41.7 Å². The number of likely N-dealkylation sites (tertiary alicyclic amines) is 1. The summed E-state index contributed by atoms with van der Waals surface area (Å²) in [7, 11) is 0. The summed E-state index contributed by atoms with van der Waals surface area (Å²) < 4.78 is 72.7. The Bertz CT molecular complexity index is 1750. The molecule has 0 saturated carbocycles. The van der Waals surface area contributed by atoms with Gasteiger partial charge in [0, 0.05) is 45.1 Å². The van der Waals surface area contributed by atoms with Gasteiger partial charge in [-0.1, -0.05) is 0 Å². The van der Waals surface area contributed by atoms with Gasteiger partial charge in [-0.3, -0.25) is 25.0 Å². The zero-order valence-corrected chi connectivity index (χ0v) is 29.3. The Labute approximate surface area is 292 Å². The van der Waals surface area contributed by atoms with Gasteiger partial charge in [0.15, 0.2) is 5.58 Å². The van der Waals surface area contributed by atoms with E-state index in [1.54, 1.807) is 47.6 Å². The Hall–Kier alpha value is -4.67. The molecule has 0 aliphatic carbocycles. The first-order chi connectivity index (χ1) is 23.7. The van der Waals surface area contributed by atoms with Crippen molar-refractivity contribution in [1.29, 1.82) is 0 Å². The molecule has 0 aromatic carbocycles. The number of hydrogen-bond donors (Lipinski definition) is 3. The van der Waals surface area contributed by atoms with Crippen molar-refractivity contribution in [2.45, 2.75) is 90.5 Å². The Morgan fingerprint density at radius 3 is 2.33 bits per heavy atom.